The van der Waals surface area contributed by atoms with Gasteiger partial charge in [0.15, 0.2) is 11.5 Å². The summed E-state index contributed by atoms with van der Waals surface area (Å²) in [6, 6.07) is 15.2. The van der Waals surface area contributed by atoms with Crippen LogP contribution in [-0.4, -0.2) is 39.1 Å². The number of likely N-dealkylation sites (tertiary alicyclic amines) is 1. The van der Waals surface area contributed by atoms with E-state index in [9.17, 15) is 4.79 Å². The summed E-state index contributed by atoms with van der Waals surface area (Å²) in [5.41, 5.74) is 3.83. The molecule has 0 aliphatic carbocycles. The van der Waals surface area contributed by atoms with Crippen LogP contribution in [0.2, 0.25) is 5.02 Å². The summed E-state index contributed by atoms with van der Waals surface area (Å²) < 4.78 is 5.92. The maximum atomic E-state index is 13.1. The highest BCUT2D eigenvalue weighted by Crippen LogP contribution is 2.32. The molecule has 0 bridgehead atoms. The first-order chi connectivity index (χ1) is 14.2. The van der Waals surface area contributed by atoms with Crippen LogP contribution in [0.25, 0.3) is 22.4 Å². The Hall–Kier alpha value is -3.12. The molecule has 1 N–H and O–H groups in total. The monoisotopic (exact) mass is 406 g/mol. The van der Waals surface area contributed by atoms with Crippen molar-refractivity contribution < 1.29 is 9.21 Å². The molecule has 7 heteroatoms. The Kier molecular flexibility index (Phi) is 4.56. The van der Waals surface area contributed by atoms with Crippen molar-refractivity contribution in [1.82, 2.24) is 20.1 Å². The third kappa shape index (κ3) is 3.40. The van der Waals surface area contributed by atoms with Gasteiger partial charge in [0.2, 0.25) is 0 Å². The second-order valence-corrected chi connectivity index (χ2v) is 7.69. The van der Waals surface area contributed by atoms with Gasteiger partial charge in [-0.3, -0.25) is 9.89 Å². The Morgan fingerprint density at radius 1 is 1.14 bits per heavy atom. The number of fused-ring (bicyclic) bond motifs is 1. The molecule has 0 saturated carbocycles. The summed E-state index contributed by atoms with van der Waals surface area (Å²) >= 11 is 6.04. The number of aromatic nitrogens is 3. The van der Waals surface area contributed by atoms with Gasteiger partial charge in [0.05, 0.1) is 17.5 Å². The SMILES string of the molecule is O=C(c1cn[nH]c1-c1ccccc1)N1CCC(c2nc3cc(Cl)ccc3o2)CC1. The number of carbonyl (C=O) groups is 1. The summed E-state index contributed by atoms with van der Waals surface area (Å²) in [5, 5.41) is 7.71. The van der Waals surface area contributed by atoms with Crippen molar-refractivity contribution in [3.8, 4) is 11.3 Å². The number of amides is 1. The standard InChI is InChI=1S/C22H19ClN4O2/c23-16-6-7-19-18(12-16)25-21(29-19)15-8-10-27(11-9-15)22(28)17-13-24-26-20(17)14-4-2-1-3-5-14/h1-7,12-13,15H,8-11H2,(H,24,26). The van der Waals surface area contributed by atoms with E-state index >= 15 is 0 Å². The highest BCUT2D eigenvalue weighted by molar-refractivity contribution is 6.31. The van der Waals surface area contributed by atoms with Gasteiger partial charge < -0.3 is 9.32 Å². The molecule has 0 spiro atoms. The molecule has 0 unspecified atom stereocenters. The van der Waals surface area contributed by atoms with Crippen LogP contribution in [-0.2, 0) is 0 Å². The summed E-state index contributed by atoms with van der Waals surface area (Å²) in [6.45, 7) is 1.31. The van der Waals surface area contributed by atoms with Crippen molar-refractivity contribution in [2.24, 2.45) is 0 Å². The van der Waals surface area contributed by atoms with Crippen LogP contribution in [0.15, 0.2) is 59.1 Å². The fraction of sp³-hybridized carbons (Fsp3) is 0.227. The van der Waals surface area contributed by atoms with Gasteiger partial charge in [0.1, 0.15) is 5.52 Å². The Morgan fingerprint density at radius 3 is 2.72 bits per heavy atom. The number of piperidine rings is 1. The minimum Gasteiger partial charge on any atom is -0.440 e. The highest BCUT2D eigenvalue weighted by Gasteiger charge is 2.29. The molecule has 3 heterocycles. The van der Waals surface area contributed by atoms with Crippen molar-refractivity contribution >= 4 is 28.6 Å². The minimum atomic E-state index is 0.000370. The average molecular weight is 407 g/mol. The fourth-order valence-corrected chi connectivity index (χ4v) is 4.03. The molecule has 1 saturated heterocycles. The number of halogens is 1. The van der Waals surface area contributed by atoms with E-state index in [0.717, 1.165) is 41.1 Å². The van der Waals surface area contributed by atoms with Crippen LogP contribution < -0.4 is 0 Å². The van der Waals surface area contributed by atoms with Crippen molar-refractivity contribution in [2.45, 2.75) is 18.8 Å². The number of nitrogens with zero attached hydrogens (tertiary/aromatic N) is 3. The van der Waals surface area contributed by atoms with Crippen molar-refractivity contribution in [3.63, 3.8) is 0 Å². The van der Waals surface area contributed by atoms with Gasteiger partial charge in [-0.25, -0.2) is 4.98 Å². The van der Waals surface area contributed by atoms with E-state index in [4.69, 9.17) is 16.0 Å². The zero-order valence-electron chi connectivity index (χ0n) is 15.6. The lowest BCUT2D eigenvalue weighted by Gasteiger charge is -2.30. The second kappa shape index (κ2) is 7.37. The average Bonchev–Trinajstić information content (AvgIpc) is 3.41. The van der Waals surface area contributed by atoms with E-state index in [-0.39, 0.29) is 11.8 Å². The third-order valence-electron chi connectivity index (χ3n) is 5.43. The molecule has 1 aliphatic rings. The molecule has 6 nitrogen and oxygen atoms in total. The van der Waals surface area contributed by atoms with E-state index < -0.39 is 0 Å². The van der Waals surface area contributed by atoms with Gasteiger partial charge >= 0.3 is 0 Å². The Labute approximate surface area is 172 Å². The van der Waals surface area contributed by atoms with Gasteiger partial charge in [-0.05, 0) is 31.0 Å². The first-order valence-electron chi connectivity index (χ1n) is 9.63. The Bertz CT molecular complexity index is 1160. The maximum Gasteiger partial charge on any atom is 0.257 e. The minimum absolute atomic E-state index is 0.000370. The third-order valence-corrected chi connectivity index (χ3v) is 5.66. The van der Waals surface area contributed by atoms with Gasteiger partial charge in [-0.1, -0.05) is 41.9 Å². The molecule has 2 aromatic carbocycles. The van der Waals surface area contributed by atoms with Crippen molar-refractivity contribution in [1.29, 1.82) is 0 Å². The molecule has 0 radical (unpaired) electrons. The smallest absolute Gasteiger partial charge is 0.257 e. The zero-order valence-corrected chi connectivity index (χ0v) is 16.4. The maximum absolute atomic E-state index is 13.1. The summed E-state index contributed by atoms with van der Waals surface area (Å²) in [5.74, 6) is 0.922. The van der Waals surface area contributed by atoms with Crippen LogP contribution in [0.1, 0.15) is 35.0 Å². The van der Waals surface area contributed by atoms with Crippen LogP contribution in [0.5, 0.6) is 0 Å². The van der Waals surface area contributed by atoms with Gasteiger partial charge in [-0.2, -0.15) is 5.10 Å². The van der Waals surface area contributed by atoms with Crippen molar-refractivity contribution in [2.75, 3.05) is 13.1 Å². The summed E-state index contributed by atoms with van der Waals surface area (Å²) in [7, 11) is 0. The van der Waals surface area contributed by atoms with Crippen LogP contribution in [0.3, 0.4) is 0 Å². The molecule has 2 aromatic heterocycles. The van der Waals surface area contributed by atoms with Gasteiger partial charge in [-0.15, -0.1) is 0 Å². The number of nitrogens with one attached hydrogen (secondary N) is 1. The van der Waals surface area contributed by atoms with Crippen LogP contribution in [0, 0.1) is 0 Å². The van der Waals surface area contributed by atoms with Crippen LogP contribution >= 0.6 is 11.6 Å². The number of aromatic amines is 1. The largest absolute Gasteiger partial charge is 0.440 e. The first-order valence-corrected chi connectivity index (χ1v) is 10.0. The van der Waals surface area contributed by atoms with Gasteiger partial charge in [0.25, 0.3) is 5.91 Å². The number of oxazole rings is 1. The quantitative estimate of drug-likeness (QED) is 0.525. The van der Waals surface area contributed by atoms with E-state index in [2.05, 4.69) is 15.2 Å². The van der Waals surface area contributed by atoms with Crippen LogP contribution in [0.4, 0.5) is 0 Å². The normalized spacial score (nSPS) is 15.1. The molecule has 4 aromatic rings. The topological polar surface area (TPSA) is 75.0 Å². The molecule has 1 fully saturated rings. The molecular formula is C22H19ClN4O2. The summed E-state index contributed by atoms with van der Waals surface area (Å²) in [4.78, 5) is 19.6. The lowest BCUT2D eigenvalue weighted by atomic mass is 9.96. The highest BCUT2D eigenvalue weighted by atomic mass is 35.5. The van der Waals surface area contributed by atoms with E-state index in [0.29, 0.717) is 23.7 Å². The second-order valence-electron chi connectivity index (χ2n) is 7.26. The predicted octanol–water partition coefficient (Wildman–Crippen LogP) is 4.89. The fourth-order valence-electron chi connectivity index (χ4n) is 3.87. The molecule has 1 aliphatic heterocycles. The number of carbonyl (C=O) groups excluding carboxylic acids is 1. The first kappa shape index (κ1) is 17.9. The summed E-state index contributed by atoms with van der Waals surface area (Å²) in [6.07, 6.45) is 3.23. The van der Waals surface area contributed by atoms with E-state index in [1.807, 2.05) is 47.4 Å². The molecule has 0 atom stereocenters. The predicted molar refractivity (Wildman–Crippen MR) is 111 cm³/mol. The zero-order chi connectivity index (χ0) is 19.8. The number of hydrogen-bond donors (Lipinski definition) is 1. The Balaban J connectivity index is 1.31. The molecule has 1 amide bonds. The Morgan fingerprint density at radius 2 is 1.93 bits per heavy atom. The molecule has 29 heavy (non-hydrogen) atoms. The lowest BCUT2D eigenvalue weighted by molar-refractivity contribution is 0.0707. The number of H-pyrrole nitrogens is 1. The van der Waals surface area contributed by atoms with E-state index in [1.165, 1.54) is 0 Å². The van der Waals surface area contributed by atoms with E-state index in [1.54, 1.807) is 12.3 Å². The molecule has 146 valence electrons. The molecule has 5 rings (SSSR count). The molecular weight excluding hydrogens is 388 g/mol. The van der Waals surface area contributed by atoms with Crippen molar-refractivity contribution in [3.05, 3.63) is 71.2 Å². The number of hydrogen-bond acceptors (Lipinski definition) is 4. The number of rotatable bonds is 3. The number of benzene rings is 2. The lowest BCUT2D eigenvalue weighted by Crippen LogP contribution is -2.38. The van der Waals surface area contributed by atoms with Gasteiger partial charge in [0, 0.05) is 29.6 Å².